The summed E-state index contributed by atoms with van der Waals surface area (Å²) in [7, 11) is 0. The van der Waals surface area contributed by atoms with Crippen LogP contribution < -0.4 is 5.73 Å². The summed E-state index contributed by atoms with van der Waals surface area (Å²) in [6, 6.07) is 0. The number of amidine groups is 1. The Hall–Kier alpha value is -1.74. The molecule has 1 aliphatic heterocycles. The van der Waals surface area contributed by atoms with Crippen molar-refractivity contribution in [2.45, 2.75) is 19.8 Å². The van der Waals surface area contributed by atoms with Gasteiger partial charge in [-0.2, -0.15) is 0 Å². The number of nitrogens with two attached hydrogens (primary N) is 1. The van der Waals surface area contributed by atoms with Crippen LogP contribution in [0.2, 0.25) is 0 Å². The van der Waals surface area contributed by atoms with Gasteiger partial charge in [0.15, 0.2) is 5.84 Å². The van der Waals surface area contributed by atoms with Gasteiger partial charge in [0.2, 0.25) is 0 Å². The summed E-state index contributed by atoms with van der Waals surface area (Å²) in [6.45, 7) is 7.05. The Morgan fingerprint density at radius 3 is 2.67 bits per heavy atom. The van der Waals surface area contributed by atoms with E-state index in [1.165, 1.54) is 0 Å². The molecule has 1 aliphatic rings. The lowest BCUT2D eigenvalue weighted by Crippen LogP contribution is -2.50. The highest BCUT2D eigenvalue weighted by Gasteiger charge is 2.27. The molecule has 21 heavy (non-hydrogen) atoms. The topological polar surface area (TPSA) is 108 Å². The summed E-state index contributed by atoms with van der Waals surface area (Å²) in [5.74, 6) is 0.366. The highest BCUT2D eigenvalue weighted by molar-refractivity contribution is 7.08. The lowest BCUT2D eigenvalue weighted by molar-refractivity contribution is 0.0656. The minimum Gasteiger partial charge on any atom is -0.409 e. The molecule has 0 aromatic carbocycles. The zero-order chi connectivity index (χ0) is 15.4. The number of piperazine rings is 1. The van der Waals surface area contributed by atoms with Crippen molar-refractivity contribution in [3.05, 3.63) is 10.6 Å². The Balaban J connectivity index is 1.96. The Bertz CT molecular complexity index is 522. The van der Waals surface area contributed by atoms with Crippen molar-refractivity contribution in [3.63, 3.8) is 0 Å². The lowest BCUT2D eigenvalue weighted by atomic mass is 10.1. The molecule has 1 aromatic rings. The van der Waals surface area contributed by atoms with Crippen LogP contribution in [0.1, 0.15) is 35.1 Å². The Labute approximate surface area is 127 Å². The monoisotopic (exact) mass is 312 g/mol. The van der Waals surface area contributed by atoms with Crippen molar-refractivity contribution >= 4 is 23.3 Å². The molecule has 9 heteroatoms. The van der Waals surface area contributed by atoms with Gasteiger partial charge in [-0.15, -0.1) is 5.10 Å². The number of carbonyl (C=O) groups excluding carboxylic acids is 1. The number of carbonyl (C=O) groups is 1. The molecule has 0 unspecified atom stereocenters. The van der Waals surface area contributed by atoms with Gasteiger partial charge in [0.1, 0.15) is 4.88 Å². The molecule has 1 amide bonds. The second kappa shape index (κ2) is 6.81. The third kappa shape index (κ3) is 3.67. The summed E-state index contributed by atoms with van der Waals surface area (Å²) in [4.78, 5) is 17.0. The first-order valence-corrected chi connectivity index (χ1v) is 7.60. The number of rotatable bonds is 4. The molecule has 8 nitrogen and oxygen atoms in total. The number of hydrogen-bond acceptors (Lipinski definition) is 7. The highest BCUT2D eigenvalue weighted by atomic mass is 32.1. The Kier molecular flexibility index (Phi) is 5.07. The highest BCUT2D eigenvalue weighted by Crippen LogP contribution is 2.21. The van der Waals surface area contributed by atoms with E-state index in [1.54, 1.807) is 0 Å². The van der Waals surface area contributed by atoms with Crippen LogP contribution in [0.3, 0.4) is 0 Å². The average molecular weight is 312 g/mol. The van der Waals surface area contributed by atoms with E-state index in [0.29, 0.717) is 37.6 Å². The second-order valence-corrected chi connectivity index (χ2v) is 6.06. The molecule has 0 bridgehead atoms. The molecule has 0 saturated carbocycles. The zero-order valence-electron chi connectivity index (χ0n) is 12.2. The van der Waals surface area contributed by atoms with Gasteiger partial charge in [-0.1, -0.05) is 23.5 Å². The molecule has 2 rings (SSSR count). The van der Waals surface area contributed by atoms with Gasteiger partial charge in [-0.05, 0) is 17.5 Å². The zero-order valence-corrected chi connectivity index (χ0v) is 13.0. The first-order valence-electron chi connectivity index (χ1n) is 6.83. The van der Waals surface area contributed by atoms with Crippen LogP contribution in [0, 0.1) is 0 Å². The molecular weight excluding hydrogens is 292 g/mol. The van der Waals surface area contributed by atoms with Gasteiger partial charge in [0.05, 0.1) is 12.2 Å². The van der Waals surface area contributed by atoms with Crippen molar-refractivity contribution in [3.8, 4) is 0 Å². The lowest BCUT2D eigenvalue weighted by Gasteiger charge is -2.34. The molecule has 1 fully saturated rings. The predicted molar refractivity (Wildman–Crippen MR) is 79.8 cm³/mol. The molecule has 0 aliphatic carbocycles. The SMILES string of the molecule is CC(C)c1nnsc1C(=O)N1CCN(CC(N)=NO)CC1. The van der Waals surface area contributed by atoms with Crippen LogP contribution >= 0.6 is 11.5 Å². The van der Waals surface area contributed by atoms with E-state index in [1.807, 2.05) is 23.6 Å². The number of amides is 1. The first kappa shape index (κ1) is 15.6. The van der Waals surface area contributed by atoms with E-state index in [9.17, 15) is 4.79 Å². The van der Waals surface area contributed by atoms with Crippen LogP contribution in [0.25, 0.3) is 0 Å². The van der Waals surface area contributed by atoms with E-state index in [2.05, 4.69) is 14.7 Å². The van der Waals surface area contributed by atoms with E-state index in [-0.39, 0.29) is 17.7 Å². The van der Waals surface area contributed by atoms with Gasteiger partial charge < -0.3 is 15.8 Å². The van der Waals surface area contributed by atoms with Crippen LogP contribution in [-0.2, 0) is 0 Å². The maximum atomic E-state index is 12.5. The molecule has 0 atom stereocenters. The molecule has 0 radical (unpaired) electrons. The number of aromatic nitrogens is 2. The third-order valence-corrected chi connectivity index (χ3v) is 4.16. The fraction of sp³-hybridized carbons (Fsp3) is 0.667. The molecule has 116 valence electrons. The van der Waals surface area contributed by atoms with E-state index >= 15 is 0 Å². The van der Waals surface area contributed by atoms with Gasteiger partial charge >= 0.3 is 0 Å². The van der Waals surface area contributed by atoms with Gasteiger partial charge in [0, 0.05) is 26.2 Å². The van der Waals surface area contributed by atoms with Crippen LogP contribution in [0.4, 0.5) is 0 Å². The van der Waals surface area contributed by atoms with Crippen molar-refractivity contribution < 1.29 is 10.0 Å². The van der Waals surface area contributed by atoms with Crippen LogP contribution in [0.15, 0.2) is 5.16 Å². The maximum Gasteiger partial charge on any atom is 0.267 e. The van der Waals surface area contributed by atoms with E-state index in [4.69, 9.17) is 10.9 Å². The summed E-state index contributed by atoms with van der Waals surface area (Å²) in [6.07, 6.45) is 0. The van der Waals surface area contributed by atoms with Crippen molar-refractivity contribution in [2.75, 3.05) is 32.7 Å². The van der Waals surface area contributed by atoms with Crippen molar-refractivity contribution in [1.82, 2.24) is 19.4 Å². The second-order valence-electron chi connectivity index (χ2n) is 5.30. The smallest absolute Gasteiger partial charge is 0.267 e. The number of hydrogen-bond donors (Lipinski definition) is 2. The first-order chi connectivity index (χ1) is 10.0. The molecule has 1 saturated heterocycles. The summed E-state index contributed by atoms with van der Waals surface area (Å²) in [5, 5.41) is 15.6. The Morgan fingerprint density at radius 2 is 2.10 bits per heavy atom. The van der Waals surface area contributed by atoms with E-state index < -0.39 is 0 Å². The standard InChI is InChI=1S/C12H20N6O2S/c1-8(2)10-11(21-16-14-10)12(19)18-5-3-17(4-6-18)7-9(13)15-20/h8,20H,3-7H2,1-2H3,(H2,13,15). The summed E-state index contributed by atoms with van der Waals surface area (Å²) < 4.78 is 3.90. The van der Waals surface area contributed by atoms with Gasteiger partial charge in [0.25, 0.3) is 5.91 Å². The molecule has 3 N–H and O–H groups in total. The maximum absolute atomic E-state index is 12.5. The quantitative estimate of drug-likeness (QED) is 0.355. The molecule has 1 aromatic heterocycles. The van der Waals surface area contributed by atoms with Crippen molar-refractivity contribution in [1.29, 1.82) is 0 Å². The fourth-order valence-corrected chi connectivity index (χ4v) is 3.02. The summed E-state index contributed by atoms with van der Waals surface area (Å²) in [5.41, 5.74) is 6.26. The molecule has 0 spiro atoms. The van der Waals surface area contributed by atoms with Crippen LogP contribution in [-0.4, -0.2) is 69.1 Å². The minimum atomic E-state index is -0.00264. The van der Waals surface area contributed by atoms with Crippen molar-refractivity contribution in [2.24, 2.45) is 10.9 Å². The molecule has 2 heterocycles. The normalized spacial score (nSPS) is 17.5. The van der Waals surface area contributed by atoms with Gasteiger partial charge in [-0.25, -0.2) is 0 Å². The number of oxime groups is 1. The average Bonchev–Trinajstić information content (AvgIpc) is 2.96. The van der Waals surface area contributed by atoms with Crippen LogP contribution in [0.5, 0.6) is 0 Å². The summed E-state index contributed by atoms with van der Waals surface area (Å²) >= 11 is 1.16. The largest absolute Gasteiger partial charge is 0.409 e. The predicted octanol–water partition coefficient (Wildman–Crippen LogP) is 0.166. The molecular formula is C12H20N6O2S. The third-order valence-electron chi connectivity index (χ3n) is 3.43. The van der Waals surface area contributed by atoms with E-state index in [0.717, 1.165) is 17.2 Å². The van der Waals surface area contributed by atoms with Gasteiger partial charge in [-0.3, -0.25) is 9.69 Å². The fourth-order valence-electron chi connectivity index (χ4n) is 2.24. The Morgan fingerprint density at radius 1 is 1.43 bits per heavy atom. The number of nitrogens with zero attached hydrogens (tertiary/aromatic N) is 5. The minimum absolute atomic E-state index is 0.00264.